The van der Waals surface area contributed by atoms with Gasteiger partial charge < -0.3 is 10.5 Å². The van der Waals surface area contributed by atoms with E-state index < -0.39 is 12.7 Å². The molecule has 164 valence electrons. The monoisotopic (exact) mass is 419 g/mol. The third-order valence-corrected chi connectivity index (χ3v) is 6.81. The highest BCUT2D eigenvalue weighted by atomic mass is 19.3. The Morgan fingerprint density at radius 1 is 1.17 bits per heavy atom. The van der Waals surface area contributed by atoms with E-state index in [0.717, 1.165) is 42.7 Å². The van der Waals surface area contributed by atoms with Crippen molar-refractivity contribution < 1.29 is 18.3 Å². The Morgan fingerprint density at radius 3 is 2.47 bits per heavy atom. The number of benzene rings is 1. The molecule has 0 radical (unpaired) electrons. The minimum Gasteiger partial charge on any atom is -0.369 e. The minimum absolute atomic E-state index is 0.0952. The van der Waals surface area contributed by atoms with Gasteiger partial charge in [0.2, 0.25) is 0 Å². The summed E-state index contributed by atoms with van der Waals surface area (Å²) < 4.78 is 29.6. The molecule has 1 aromatic rings. The molecule has 0 saturated heterocycles. The molecule has 1 atom stereocenters. The van der Waals surface area contributed by atoms with E-state index in [1.165, 1.54) is 29.7 Å². The van der Waals surface area contributed by atoms with Crippen LogP contribution >= 0.6 is 0 Å². The van der Waals surface area contributed by atoms with Crippen molar-refractivity contribution in [3.8, 4) is 0 Å². The molecule has 2 N–H and O–H groups in total. The quantitative estimate of drug-likeness (QED) is 0.687. The van der Waals surface area contributed by atoms with Crippen LogP contribution in [0.15, 0.2) is 23.2 Å². The van der Waals surface area contributed by atoms with Gasteiger partial charge in [0.1, 0.15) is 0 Å². The summed E-state index contributed by atoms with van der Waals surface area (Å²) in [6, 6.07) is 5.87. The van der Waals surface area contributed by atoms with Gasteiger partial charge in [-0.15, -0.1) is 0 Å². The third kappa shape index (κ3) is 4.99. The van der Waals surface area contributed by atoms with Crippen LogP contribution in [-0.2, 0) is 22.4 Å². The van der Waals surface area contributed by atoms with Gasteiger partial charge in [-0.1, -0.05) is 31.0 Å². The van der Waals surface area contributed by atoms with Crippen molar-refractivity contribution in [1.82, 2.24) is 4.90 Å². The summed E-state index contributed by atoms with van der Waals surface area (Å²) in [5.74, 6) is 1.41. The second-order valence-corrected chi connectivity index (χ2v) is 9.05. The van der Waals surface area contributed by atoms with Crippen LogP contribution in [-0.4, -0.2) is 36.5 Å². The lowest BCUT2D eigenvalue weighted by molar-refractivity contribution is -0.171. The summed E-state index contributed by atoms with van der Waals surface area (Å²) in [6.07, 6.45) is 8.35. The Morgan fingerprint density at radius 2 is 1.87 bits per heavy atom. The first-order chi connectivity index (χ1) is 14.4. The number of ether oxygens (including phenoxy) is 1. The van der Waals surface area contributed by atoms with Crippen molar-refractivity contribution in [2.24, 2.45) is 22.6 Å². The summed E-state index contributed by atoms with van der Waals surface area (Å²) in [7, 11) is 1.65. The first kappa shape index (κ1) is 21.2. The van der Waals surface area contributed by atoms with Gasteiger partial charge in [0.15, 0.2) is 12.0 Å². The van der Waals surface area contributed by atoms with Gasteiger partial charge in [-0.05, 0) is 73.5 Å². The molecule has 1 aromatic carbocycles. The Bertz CT molecular complexity index is 802. The van der Waals surface area contributed by atoms with E-state index in [-0.39, 0.29) is 18.0 Å². The van der Waals surface area contributed by atoms with Crippen LogP contribution in [0.3, 0.4) is 0 Å². The molecule has 2 aliphatic carbocycles. The molecule has 2 saturated carbocycles. The maximum Gasteiger partial charge on any atom is 0.345 e. The van der Waals surface area contributed by atoms with Crippen molar-refractivity contribution in [3.63, 3.8) is 0 Å². The summed E-state index contributed by atoms with van der Waals surface area (Å²) in [4.78, 5) is 18.6. The van der Waals surface area contributed by atoms with Crippen molar-refractivity contribution in [2.75, 3.05) is 7.05 Å². The average Bonchev–Trinajstić information content (AvgIpc) is 3.51. The molecule has 1 amide bonds. The summed E-state index contributed by atoms with van der Waals surface area (Å²) in [5, 5.41) is 0. The Kier molecular flexibility index (Phi) is 6.37. The number of carbonyl (C=O) groups excluding carboxylic acids is 1. The lowest BCUT2D eigenvalue weighted by Gasteiger charge is -2.29. The molecule has 5 nitrogen and oxygen atoms in total. The van der Waals surface area contributed by atoms with E-state index in [4.69, 9.17) is 5.73 Å². The first-order valence-corrected chi connectivity index (χ1v) is 11.1. The number of hydrogen-bond acceptors (Lipinski definition) is 4. The number of amides is 1. The van der Waals surface area contributed by atoms with Crippen LogP contribution in [0.1, 0.15) is 67.7 Å². The van der Waals surface area contributed by atoms with Gasteiger partial charge in [0.05, 0.1) is 6.10 Å². The summed E-state index contributed by atoms with van der Waals surface area (Å²) >= 11 is 0. The molecule has 7 heteroatoms. The van der Waals surface area contributed by atoms with Gasteiger partial charge in [0, 0.05) is 7.05 Å². The summed E-state index contributed by atoms with van der Waals surface area (Å²) in [5.41, 5.74) is 9.22. The van der Waals surface area contributed by atoms with E-state index in [9.17, 15) is 13.6 Å². The van der Waals surface area contributed by atoms with Gasteiger partial charge in [0.25, 0.3) is 5.91 Å². The molecule has 0 bridgehead atoms. The second kappa shape index (κ2) is 9.00. The van der Waals surface area contributed by atoms with Crippen LogP contribution in [0.4, 0.5) is 8.78 Å². The van der Waals surface area contributed by atoms with Crippen LogP contribution in [0.25, 0.3) is 0 Å². The predicted molar refractivity (Wildman–Crippen MR) is 111 cm³/mol. The molecular weight excluding hydrogens is 388 g/mol. The standard InChI is InChI=1S/C23H31F2N3O2/c1-28-21(29)20(27-23(28)26)19-13-16(5-4-14-2-3-14)6-9-17(19)12-15-7-10-18(11-8-15)30-22(24)25/h6,9,13-15,18,20,22H,2-5,7-8,10-12H2,1H3,(H2,26,27)/t15-,18+,20?. The predicted octanol–water partition coefficient (Wildman–Crippen LogP) is 4.20. The lowest BCUT2D eigenvalue weighted by atomic mass is 9.81. The Labute approximate surface area is 176 Å². The fraction of sp³-hybridized carbons (Fsp3) is 0.652. The number of aliphatic imine (C=N–C) groups is 1. The highest BCUT2D eigenvalue weighted by Crippen LogP contribution is 2.36. The number of rotatable bonds is 8. The largest absolute Gasteiger partial charge is 0.369 e. The van der Waals surface area contributed by atoms with Crippen molar-refractivity contribution in [2.45, 2.75) is 76.5 Å². The number of nitrogens with zero attached hydrogens (tertiary/aromatic N) is 2. The zero-order valence-corrected chi connectivity index (χ0v) is 17.5. The van der Waals surface area contributed by atoms with Crippen LogP contribution in [0.5, 0.6) is 0 Å². The number of likely N-dealkylation sites (N-methyl/N-ethyl adjacent to an activating group) is 1. The van der Waals surface area contributed by atoms with E-state index in [0.29, 0.717) is 18.8 Å². The van der Waals surface area contributed by atoms with Gasteiger partial charge in [-0.3, -0.25) is 9.69 Å². The molecule has 1 aliphatic heterocycles. The third-order valence-electron chi connectivity index (χ3n) is 6.81. The lowest BCUT2D eigenvalue weighted by Crippen LogP contribution is -2.34. The van der Waals surface area contributed by atoms with E-state index >= 15 is 0 Å². The second-order valence-electron chi connectivity index (χ2n) is 9.05. The van der Waals surface area contributed by atoms with Gasteiger partial charge in [-0.2, -0.15) is 8.78 Å². The van der Waals surface area contributed by atoms with Crippen LogP contribution in [0, 0.1) is 11.8 Å². The smallest absolute Gasteiger partial charge is 0.345 e. The average molecular weight is 420 g/mol. The molecule has 0 aromatic heterocycles. The minimum atomic E-state index is -2.70. The molecular formula is C23H31F2N3O2. The number of carbonyl (C=O) groups is 1. The van der Waals surface area contributed by atoms with Gasteiger partial charge >= 0.3 is 6.61 Å². The fourth-order valence-electron chi connectivity index (χ4n) is 4.72. The first-order valence-electron chi connectivity index (χ1n) is 11.1. The number of alkyl halides is 2. The molecule has 1 heterocycles. The maximum absolute atomic E-state index is 12.7. The van der Waals surface area contributed by atoms with Crippen molar-refractivity contribution in [3.05, 3.63) is 34.9 Å². The number of guanidine groups is 1. The van der Waals surface area contributed by atoms with Crippen LogP contribution < -0.4 is 5.73 Å². The van der Waals surface area contributed by atoms with E-state index in [2.05, 4.69) is 27.9 Å². The van der Waals surface area contributed by atoms with Crippen molar-refractivity contribution in [1.29, 1.82) is 0 Å². The molecule has 30 heavy (non-hydrogen) atoms. The molecule has 0 spiro atoms. The highest BCUT2D eigenvalue weighted by molar-refractivity contribution is 6.04. The Balaban J connectivity index is 1.49. The maximum atomic E-state index is 12.7. The number of hydrogen-bond donors (Lipinski definition) is 1. The topological polar surface area (TPSA) is 67.9 Å². The van der Waals surface area contributed by atoms with Crippen LogP contribution in [0.2, 0.25) is 0 Å². The zero-order valence-electron chi connectivity index (χ0n) is 17.5. The number of nitrogens with two attached hydrogens (primary N) is 1. The normalized spacial score (nSPS) is 27.1. The Hall–Kier alpha value is -2.02. The van der Waals surface area contributed by atoms with E-state index in [1.54, 1.807) is 7.05 Å². The summed E-state index contributed by atoms with van der Waals surface area (Å²) in [6.45, 7) is -2.70. The molecule has 3 aliphatic rings. The van der Waals surface area contributed by atoms with Crippen molar-refractivity contribution >= 4 is 11.9 Å². The number of halogens is 2. The molecule has 4 rings (SSSR count). The van der Waals surface area contributed by atoms with Gasteiger partial charge in [-0.25, -0.2) is 4.99 Å². The SMILES string of the molecule is CN1C(=O)C(c2cc(CCC3CC3)ccc2C[C@H]2CC[C@@H](OC(F)F)CC2)N=C1N. The number of aryl methyl sites for hydroxylation is 1. The van der Waals surface area contributed by atoms with E-state index in [1.807, 2.05) is 0 Å². The molecule has 2 fully saturated rings. The zero-order chi connectivity index (χ0) is 21.3. The highest BCUT2D eigenvalue weighted by Gasteiger charge is 2.34. The molecule has 1 unspecified atom stereocenters. The fourth-order valence-corrected chi connectivity index (χ4v) is 4.72.